The van der Waals surface area contributed by atoms with Gasteiger partial charge in [-0.15, -0.1) is 11.3 Å². The first kappa shape index (κ1) is 22.1. The number of nitrogens with one attached hydrogen (secondary N) is 2. The molecule has 1 amide bonds. The normalized spacial score (nSPS) is 10.7. The molecular formula is C26H24ClN3OS. The van der Waals surface area contributed by atoms with E-state index in [-0.39, 0.29) is 5.91 Å². The van der Waals surface area contributed by atoms with Crippen molar-refractivity contribution in [2.45, 2.75) is 20.3 Å². The van der Waals surface area contributed by atoms with Crippen molar-refractivity contribution < 1.29 is 4.79 Å². The fourth-order valence-corrected chi connectivity index (χ4v) is 4.23. The Bertz CT molecular complexity index is 1220. The molecule has 0 atom stereocenters. The quantitative estimate of drug-likeness (QED) is 0.312. The van der Waals surface area contributed by atoms with Crippen LogP contribution >= 0.6 is 22.9 Å². The second-order valence-corrected chi connectivity index (χ2v) is 9.12. The lowest BCUT2D eigenvalue weighted by Gasteiger charge is -2.12. The summed E-state index contributed by atoms with van der Waals surface area (Å²) in [7, 11) is 0. The highest BCUT2D eigenvalue weighted by molar-refractivity contribution is 7.09. The second kappa shape index (κ2) is 9.98. The molecule has 162 valence electrons. The van der Waals surface area contributed by atoms with E-state index in [0.29, 0.717) is 10.6 Å². The Labute approximate surface area is 197 Å². The number of aryl methyl sites for hydroxylation is 2. The Hall–Kier alpha value is -3.15. The van der Waals surface area contributed by atoms with Crippen molar-refractivity contribution in [1.82, 2.24) is 4.98 Å². The van der Waals surface area contributed by atoms with Gasteiger partial charge in [-0.05, 0) is 67.4 Å². The topological polar surface area (TPSA) is 54.0 Å². The van der Waals surface area contributed by atoms with Gasteiger partial charge in [-0.3, -0.25) is 4.79 Å². The van der Waals surface area contributed by atoms with Crippen LogP contribution in [0.4, 0.5) is 11.4 Å². The van der Waals surface area contributed by atoms with Crippen molar-refractivity contribution in [2.24, 2.45) is 0 Å². The number of rotatable bonds is 7. The van der Waals surface area contributed by atoms with Gasteiger partial charge in [0.05, 0.1) is 10.7 Å². The van der Waals surface area contributed by atoms with Crippen LogP contribution in [-0.4, -0.2) is 17.4 Å². The van der Waals surface area contributed by atoms with Gasteiger partial charge in [0, 0.05) is 40.3 Å². The van der Waals surface area contributed by atoms with E-state index in [0.717, 1.165) is 51.7 Å². The van der Waals surface area contributed by atoms with Crippen LogP contribution in [0.25, 0.3) is 11.1 Å². The maximum absolute atomic E-state index is 13.1. The van der Waals surface area contributed by atoms with E-state index < -0.39 is 0 Å². The minimum atomic E-state index is -0.140. The number of benzene rings is 3. The molecule has 0 saturated carbocycles. The molecule has 32 heavy (non-hydrogen) atoms. The van der Waals surface area contributed by atoms with Crippen molar-refractivity contribution in [1.29, 1.82) is 0 Å². The summed E-state index contributed by atoms with van der Waals surface area (Å²) in [5.74, 6) is -0.140. The number of hydrogen-bond donors (Lipinski definition) is 2. The van der Waals surface area contributed by atoms with Gasteiger partial charge in [0.1, 0.15) is 0 Å². The highest BCUT2D eigenvalue weighted by atomic mass is 35.5. The summed E-state index contributed by atoms with van der Waals surface area (Å²) >= 11 is 7.70. The maximum atomic E-state index is 13.1. The summed E-state index contributed by atoms with van der Waals surface area (Å²) in [6.07, 6.45) is 0.879. The smallest absolute Gasteiger partial charge is 0.256 e. The third-order valence-electron chi connectivity index (χ3n) is 5.09. The van der Waals surface area contributed by atoms with Crippen LogP contribution < -0.4 is 10.6 Å². The van der Waals surface area contributed by atoms with Gasteiger partial charge in [0.25, 0.3) is 5.91 Å². The molecule has 3 aromatic carbocycles. The van der Waals surface area contributed by atoms with Gasteiger partial charge in [0.2, 0.25) is 0 Å². The van der Waals surface area contributed by atoms with Gasteiger partial charge in [-0.25, -0.2) is 4.98 Å². The fraction of sp³-hybridized carbons (Fsp3) is 0.154. The lowest BCUT2D eigenvalue weighted by atomic mass is 9.97. The van der Waals surface area contributed by atoms with E-state index in [1.807, 2.05) is 80.6 Å². The number of carbonyl (C=O) groups excluding carboxylic acids is 1. The molecule has 1 aromatic heterocycles. The van der Waals surface area contributed by atoms with Crippen LogP contribution in [0, 0.1) is 13.8 Å². The number of amides is 1. The van der Waals surface area contributed by atoms with E-state index in [4.69, 9.17) is 11.6 Å². The van der Waals surface area contributed by atoms with E-state index in [2.05, 4.69) is 21.0 Å². The third-order valence-corrected chi connectivity index (χ3v) is 6.17. The Morgan fingerprint density at radius 3 is 2.38 bits per heavy atom. The average Bonchev–Trinajstić information content (AvgIpc) is 3.20. The molecule has 0 aliphatic rings. The van der Waals surface area contributed by atoms with E-state index in [1.165, 1.54) is 0 Å². The first-order valence-electron chi connectivity index (χ1n) is 10.4. The molecule has 4 rings (SSSR count). The third kappa shape index (κ3) is 5.55. The summed E-state index contributed by atoms with van der Waals surface area (Å²) < 4.78 is 0. The summed E-state index contributed by atoms with van der Waals surface area (Å²) in [6, 6.07) is 21.2. The van der Waals surface area contributed by atoms with Crippen molar-refractivity contribution in [3.05, 3.63) is 99.0 Å². The molecule has 0 spiro atoms. The number of hydrogen-bond acceptors (Lipinski definition) is 4. The predicted molar refractivity (Wildman–Crippen MR) is 135 cm³/mol. The molecule has 0 fully saturated rings. The van der Waals surface area contributed by atoms with Crippen molar-refractivity contribution >= 4 is 40.2 Å². The van der Waals surface area contributed by atoms with Gasteiger partial charge in [-0.2, -0.15) is 0 Å². The summed E-state index contributed by atoms with van der Waals surface area (Å²) in [6.45, 7) is 4.81. The highest BCUT2D eigenvalue weighted by Crippen LogP contribution is 2.27. The molecule has 0 aliphatic heterocycles. The van der Waals surface area contributed by atoms with Crippen molar-refractivity contribution in [3.8, 4) is 11.1 Å². The second-order valence-electron chi connectivity index (χ2n) is 7.62. The first-order chi connectivity index (χ1) is 15.5. The average molecular weight is 462 g/mol. The minimum absolute atomic E-state index is 0.140. The Balaban J connectivity index is 1.42. The highest BCUT2D eigenvalue weighted by Gasteiger charge is 2.14. The van der Waals surface area contributed by atoms with Crippen LogP contribution in [0.5, 0.6) is 0 Å². The van der Waals surface area contributed by atoms with Gasteiger partial charge in [0.15, 0.2) is 0 Å². The molecular weight excluding hydrogens is 438 g/mol. The molecule has 1 heterocycles. The molecule has 4 aromatic rings. The van der Waals surface area contributed by atoms with Crippen LogP contribution in [0.2, 0.25) is 5.02 Å². The van der Waals surface area contributed by atoms with Crippen LogP contribution in [-0.2, 0) is 6.42 Å². The molecule has 0 unspecified atom stereocenters. The molecule has 2 N–H and O–H groups in total. The number of halogens is 1. The van der Waals surface area contributed by atoms with Gasteiger partial charge < -0.3 is 10.6 Å². The zero-order chi connectivity index (χ0) is 22.5. The predicted octanol–water partition coefficient (Wildman–Crippen LogP) is 6.99. The molecule has 0 saturated heterocycles. The van der Waals surface area contributed by atoms with Crippen molar-refractivity contribution in [3.63, 3.8) is 0 Å². The van der Waals surface area contributed by atoms with E-state index in [9.17, 15) is 4.79 Å². The Morgan fingerprint density at radius 1 is 0.969 bits per heavy atom. The van der Waals surface area contributed by atoms with Gasteiger partial charge in [-0.1, -0.05) is 41.4 Å². The first-order valence-corrected chi connectivity index (χ1v) is 11.7. The number of anilines is 2. The van der Waals surface area contributed by atoms with E-state index >= 15 is 0 Å². The number of aromatic nitrogens is 1. The van der Waals surface area contributed by atoms with E-state index in [1.54, 1.807) is 11.3 Å². The fourth-order valence-electron chi connectivity index (χ4n) is 3.45. The number of carbonyl (C=O) groups is 1. The maximum Gasteiger partial charge on any atom is 0.256 e. The Kier molecular flexibility index (Phi) is 6.88. The lowest BCUT2D eigenvalue weighted by molar-refractivity contribution is 0.102. The van der Waals surface area contributed by atoms with Crippen LogP contribution in [0.1, 0.15) is 26.6 Å². The summed E-state index contributed by atoms with van der Waals surface area (Å²) in [4.78, 5) is 17.6. The zero-order valence-electron chi connectivity index (χ0n) is 18.0. The molecule has 0 aliphatic carbocycles. The summed E-state index contributed by atoms with van der Waals surface area (Å²) in [5, 5.41) is 10.3. The number of nitrogens with zero attached hydrogens (tertiary/aromatic N) is 1. The SMILES string of the molecule is Cc1ccc(-c2ccc(Cl)cc2)c(C(=O)Nc2ccc(NCCc3csc(C)n3)cc2)c1. The largest absolute Gasteiger partial charge is 0.385 e. The van der Waals surface area contributed by atoms with Crippen molar-refractivity contribution in [2.75, 3.05) is 17.2 Å². The Morgan fingerprint density at radius 2 is 1.69 bits per heavy atom. The molecule has 0 radical (unpaired) electrons. The number of thiazole rings is 1. The van der Waals surface area contributed by atoms with Crippen LogP contribution in [0.3, 0.4) is 0 Å². The summed E-state index contributed by atoms with van der Waals surface area (Å²) in [5.41, 5.74) is 6.36. The molecule has 4 nitrogen and oxygen atoms in total. The zero-order valence-corrected chi connectivity index (χ0v) is 19.6. The molecule has 6 heteroatoms. The standard InChI is InChI=1S/C26H24ClN3OS/c1-17-3-12-24(19-4-6-20(27)7-5-19)25(15-17)26(31)30-22-10-8-21(9-11-22)28-14-13-23-16-32-18(2)29-23/h3-12,15-16,28H,13-14H2,1-2H3,(H,30,31). The minimum Gasteiger partial charge on any atom is -0.385 e. The van der Waals surface area contributed by atoms with Crippen LogP contribution in [0.15, 0.2) is 72.1 Å². The molecule has 0 bridgehead atoms. The monoisotopic (exact) mass is 461 g/mol. The lowest BCUT2D eigenvalue weighted by Crippen LogP contribution is -2.13. The van der Waals surface area contributed by atoms with Gasteiger partial charge >= 0.3 is 0 Å².